The Kier molecular flexibility index (Phi) is 6.73. The molecule has 4 rings (SSSR count). The van der Waals surface area contributed by atoms with Gasteiger partial charge in [-0.05, 0) is 49.9 Å². The number of benzene rings is 1. The summed E-state index contributed by atoms with van der Waals surface area (Å²) in [6, 6.07) is 14.5. The van der Waals surface area contributed by atoms with Crippen LogP contribution >= 0.6 is 11.8 Å². The third kappa shape index (κ3) is 4.48. The van der Waals surface area contributed by atoms with Crippen LogP contribution in [0.4, 0.5) is 10.1 Å². The maximum Gasteiger partial charge on any atom is 0.252 e. The standard InChI is InChI=1S/C25H28FN5OS/c1-16-14-31(23(15-33-4)18-5-7-19(26)8-6-18)17(2)13-30(16)22-11-24(32)29(3)21-10-9-20(12-27)28-25(21)22/h5-11,16-17,23H,13-15H2,1-4H3/t16-,17+,23?/m0/s1. The molecule has 0 aliphatic carbocycles. The van der Waals surface area contributed by atoms with Crippen molar-refractivity contribution >= 4 is 28.5 Å². The fourth-order valence-electron chi connectivity index (χ4n) is 4.74. The van der Waals surface area contributed by atoms with Crippen molar-refractivity contribution in [2.24, 2.45) is 7.05 Å². The molecule has 6 nitrogen and oxygen atoms in total. The highest BCUT2D eigenvalue weighted by atomic mass is 32.2. The Hall–Kier alpha value is -2.89. The van der Waals surface area contributed by atoms with Gasteiger partial charge >= 0.3 is 0 Å². The van der Waals surface area contributed by atoms with E-state index in [1.54, 1.807) is 41.6 Å². The molecule has 1 saturated heterocycles. The number of nitriles is 1. The van der Waals surface area contributed by atoms with E-state index in [0.717, 1.165) is 23.5 Å². The minimum atomic E-state index is -0.227. The molecule has 3 heterocycles. The molecule has 3 aromatic rings. The van der Waals surface area contributed by atoms with Crippen molar-refractivity contribution in [3.05, 3.63) is 69.9 Å². The first-order valence-corrected chi connectivity index (χ1v) is 12.4. The molecule has 1 aromatic carbocycles. The van der Waals surface area contributed by atoms with Gasteiger partial charge in [-0.2, -0.15) is 17.0 Å². The molecule has 1 unspecified atom stereocenters. The number of nitrogens with zero attached hydrogens (tertiary/aromatic N) is 5. The highest BCUT2D eigenvalue weighted by Crippen LogP contribution is 2.33. The highest BCUT2D eigenvalue weighted by molar-refractivity contribution is 7.98. The molecule has 1 fully saturated rings. The van der Waals surface area contributed by atoms with Crippen LogP contribution in [0.2, 0.25) is 0 Å². The maximum atomic E-state index is 13.5. The number of piperazine rings is 1. The number of rotatable bonds is 5. The molecule has 8 heteroatoms. The first-order valence-electron chi connectivity index (χ1n) is 11.0. The predicted octanol–water partition coefficient (Wildman–Crippen LogP) is 3.95. The molecule has 33 heavy (non-hydrogen) atoms. The van der Waals surface area contributed by atoms with Crippen molar-refractivity contribution in [2.45, 2.75) is 32.0 Å². The number of aromatic nitrogens is 2. The van der Waals surface area contributed by atoms with Gasteiger partial charge in [0.1, 0.15) is 23.1 Å². The molecule has 1 aliphatic rings. The fourth-order valence-corrected chi connectivity index (χ4v) is 5.44. The normalized spacial score (nSPS) is 20.1. The number of fused-ring (bicyclic) bond motifs is 1. The summed E-state index contributed by atoms with van der Waals surface area (Å²) in [6.45, 7) is 5.84. The van der Waals surface area contributed by atoms with Crippen LogP contribution in [0, 0.1) is 17.1 Å². The van der Waals surface area contributed by atoms with Crippen LogP contribution in [0.25, 0.3) is 11.0 Å². The lowest BCUT2D eigenvalue weighted by Crippen LogP contribution is -2.58. The topological polar surface area (TPSA) is 65.2 Å². The van der Waals surface area contributed by atoms with Crippen LogP contribution in [0.3, 0.4) is 0 Å². The van der Waals surface area contributed by atoms with E-state index in [2.05, 4.69) is 41.0 Å². The fraction of sp³-hybridized carbons (Fsp3) is 0.400. The van der Waals surface area contributed by atoms with Gasteiger partial charge in [0.25, 0.3) is 5.56 Å². The summed E-state index contributed by atoms with van der Waals surface area (Å²) in [4.78, 5) is 22.0. The molecule has 0 N–H and O–H groups in total. The Bertz CT molecular complexity index is 1250. The zero-order valence-corrected chi connectivity index (χ0v) is 20.1. The summed E-state index contributed by atoms with van der Waals surface area (Å²) < 4.78 is 15.1. The Morgan fingerprint density at radius 2 is 1.91 bits per heavy atom. The lowest BCUT2D eigenvalue weighted by molar-refractivity contribution is 0.122. The van der Waals surface area contributed by atoms with Crippen molar-refractivity contribution in [3.63, 3.8) is 0 Å². The van der Waals surface area contributed by atoms with Crippen LogP contribution in [0.15, 0.2) is 47.3 Å². The molecular formula is C25H28FN5OS. The number of anilines is 1. The Morgan fingerprint density at radius 1 is 1.18 bits per heavy atom. The highest BCUT2D eigenvalue weighted by Gasteiger charge is 2.35. The second-order valence-corrected chi connectivity index (χ2v) is 9.58. The van der Waals surface area contributed by atoms with Gasteiger partial charge in [-0.1, -0.05) is 12.1 Å². The number of hydrogen-bond acceptors (Lipinski definition) is 6. The van der Waals surface area contributed by atoms with E-state index in [4.69, 9.17) is 0 Å². The molecule has 0 spiro atoms. The maximum absolute atomic E-state index is 13.5. The van der Waals surface area contributed by atoms with Crippen LogP contribution in [0.1, 0.15) is 31.1 Å². The van der Waals surface area contributed by atoms with Gasteiger partial charge in [-0.25, -0.2) is 9.37 Å². The lowest BCUT2D eigenvalue weighted by Gasteiger charge is -2.48. The number of aryl methyl sites for hydroxylation is 1. The molecule has 1 aliphatic heterocycles. The quantitative estimate of drug-likeness (QED) is 0.569. The first kappa shape index (κ1) is 23.3. The Balaban J connectivity index is 1.70. The van der Waals surface area contributed by atoms with Gasteiger partial charge in [0.15, 0.2) is 0 Å². The summed E-state index contributed by atoms with van der Waals surface area (Å²) in [5, 5.41) is 9.36. The largest absolute Gasteiger partial charge is 0.364 e. The Labute approximate surface area is 197 Å². The number of pyridine rings is 2. The Morgan fingerprint density at radius 3 is 2.58 bits per heavy atom. The van der Waals surface area contributed by atoms with Crippen molar-refractivity contribution < 1.29 is 4.39 Å². The zero-order valence-electron chi connectivity index (χ0n) is 19.3. The summed E-state index contributed by atoms with van der Waals surface area (Å²) >= 11 is 1.78. The number of thioether (sulfide) groups is 1. The van der Waals surface area contributed by atoms with E-state index in [-0.39, 0.29) is 29.5 Å². The minimum absolute atomic E-state index is 0.0992. The summed E-state index contributed by atoms with van der Waals surface area (Å²) in [5.74, 6) is 0.680. The van der Waals surface area contributed by atoms with Crippen LogP contribution in [-0.2, 0) is 7.05 Å². The molecule has 172 valence electrons. The van der Waals surface area contributed by atoms with E-state index >= 15 is 0 Å². The van der Waals surface area contributed by atoms with Crippen LogP contribution in [0.5, 0.6) is 0 Å². The summed E-state index contributed by atoms with van der Waals surface area (Å²) in [5.41, 5.74) is 3.49. The number of hydrogen-bond donors (Lipinski definition) is 0. The third-order valence-electron chi connectivity index (χ3n) is 6.51. The second kappa shape index (κ2) is 9.54. The first-order chi connectivity index (χ1) is 15.8. The van der Waals surface area contributed by atoms with Crippen molar-refractivity contribution in [3.8, 4) is 6.07 Å². The van der Waals surface area contributed by atoms with Gasteiger partial charge in [0.2, 0.25) is 0 Å². The molecule has 2 aromatic heterocycles. The van der Waals surface area contributed by atoms with E-state index < -0.39 is 0 Å². The summed E-state index contributed by atoms with van der Waals surface area (Å²) in [7, 11) is 1.72. The monoisotopic (exact) mass is 465 g/mol. The van der Waals surface area contributed by atoms with Gasteiger partial charge in [0.05, 0.1) is 11.2 Å². The van der Waals surface area contributed by atoms with E-state index in [0.29, 0.717) is 23.3 Å². The van der Waals surface area contributed by atoms with Gasteiger partial charge in [-0.15, -0.1) is 0 Å². The van der Waals surface area contributed by atoms with Crippen LogP contribution in [-0.4, -0.2) is 51.6 Å². The molecule has 0 amide bonds. The smallest absolute Gasteiger partial charge is 0.252 e. The third-order valence-corrected chi connectivity index (χ3v) is 7.16. The average Bonchev–Trinajstić information content (AvgIpc) is 2.81. The SMILES string of the molecule is CSCC(c1ccc(F)cc1)N1C[C@H](C)N(c2cc(=O)n(C)c3ccc(C#N)nc23)C[C@H]1C. The molecular weight excluding hydrogens is 437 g/mol. The van der Waals surface area contributed by atoms with Crippen molar-refractivity contribution in [1.82, 2.24) is 14.5 Å². The second-order valence-electron chi connectivity index (χ2n) is 8.67. The molecule has 0 bridgehead atoms. The number of halogens is 1. The molecule has 0 saturated carbocycles. The molecule has 3 atom stereocenters. The zero-order chi connectivity index (χ0) is 23.7. The average molecular weight is 466 g/mol. The molecule has 0 radical (unpaired) electrons. The summed E-state index contributed by atoms with van der Waals surface area (Å²) in [6.07, 6.45) is 2.09. The van der Waals surface area contributed by atoms with E-state index in [1.165, 1.54) is 12.1 Å². The van der Waals surface area contributed by atoms with Gasteiger partial charge < -0.3 is 9.47 Å². The van der Waals surface area contributed by atoms with E-state index in [9.17, 15) is 14.4 Å². The van der Waals surface area contributed by atoms with E-state index in [1.807, 2.05) is 12.1 Å². The van der Waals surface area contributed by atoms with Gasteiger partial charge in [-0.3, -0.25) is 9.69 Å². The van der Waals surface area contributed by atoms with Crippen molar-refractivity contribution in [1.29, 1.82) is 5.26 Å². The van der Waals surface area contributed by atoms with Crippen LogP contribution < -0.4 is 10.5 Å². The van der Waals surface area contributed by atoms with Gasteiger partial charge in [0, 0.05) is 50.1 Å². The minimum Gasteiger partial charge on any atom is -0.364 e. The van der Waals surface area contributed by atoms with Crippen molar-refractivity contribution in [2.75, 3.05) is 30.0 Å². The lowest BCUT2D eigenvalue weighted by atomic mass is 10.00. The predicted molar refractivity (Wildman–Crippen MR) is 132 cm³/mol.